The molecule has 0 amide bonds. The van der Waals surface area contributed by atoms with E-state index in [1.807, 2.05) is 12.1 Å². The number of morpholine rings is 1. The molecule has 0 saturated carbocycles. The Balaban J connectivity index is 1.76. The van der Waals surface area contributed by atoms with Crippen molar-refractivity contribution in [2.24, 2.45) is 0 Å². The maximum atomic E-state index is 9.59. The van der Waals surface area contributed by atoms with Crippen LogP contribution in [-0.2, 0) is 4.74 Å². The second-order valence-corrected chi connectivity index (χ2v) is 5.14. The molecule has 22 heavy (non-hydrogen) atoms. The molecule has 7 heteroatoms. The van der Waals surface area contributed by atoms with Gasteiger partial charge in [0, 0.05) is 30.9 Å². The normalized spacial score (nSPS) is 15.4. The number of aromatic hydroxyl groups is 1. The fraction of sp³-hybridized carbons (Fsp3) is 0.267. The van der Waals surface area contributed by atoms with Crippen LogP contribution in [0, 0.1) is 0 Å². The molecule has 1 aliphatic rings. The third-order valence-electron chi connectivity index (χ3n) is 3.75. The van der Waals surface area contributed by atoms with Crippen LogP contribution in [0.15, 0.2) is 30.5 Å². The molecule has 1 aliphatic heterocycles. The molecule has 1 fully saturated rings. The molecule has 0 unspecified atom stereocenters. The molecule has 0 bridgehead atoms. The van der Waals surface area contributed by atoms with Gasteiger partial charge in [-0.15, -0.1) is 0 Å². The molecule has 7 nitrogen and oxygen atoms in total. The molecule has 0 aliphatic carbocycles. The van der Waals surface area contributed by atoms with Crippen LogP contribution in [0.5, 0.6) is 5.88 Å². The van der Waals surface area contributed by atoms with E-state index in [1.54, 1.807) is 12.3 Å². The summed E-state index contributed by atoms with van der Waals surface area (Å²) >= 11 is 0. The van der Waals surface area contributed by atoms with Crippen LogP contribution >= 0.6 is 0 Å². The first-order chi connectivity index (χ1) is 10.8. The number of rotatable bonds is 2. The molecule has 4 heterocycles. The average Bonchev–Trinajstić information content (AvgIpc) is 2.99. The van der Waals surface area contributed by atoms with Crippen molar-refractivity contribution in [3.8, 4) is 17.1 Å². The van der Waals surface area contributed by atoms with Gasteiger partial charge in [0.05, 0.1) is 18.7 Å². The number of aromatic nitrogens is 4. The number of aromatic amines is 1. The van der Waals surface area contributed by atoms with E-state index in [9.17, 15) is 5.11 Å². The van der Waals surface area contributed by atoms with Crippen LogP contribution in [0.1, 0.15) is 0 Å². The van der Waals surface area contributed by atoms with E-state index >= 15 is 0 Å². The Morgan fingerprint density at radius 1 is 1.18 bits per heavy atom. The number of ether oxygens (including phenoxy) is 1. The van der Waals surface area contributed by atoms with Gasteiger partial charge in [-0.25, -0.2) is 9.97 Å². The minimum absolute atomic E-state index is 0.0161. The molecule has 3 aromatic rings. The van der Waals surface area contributed by atoms with Gasteiger partial charge in [0.25, 0.3) is 0 Å². The Hall–Kier alpha value is -2.67. The van der Waals surface area contributed by atoms with E-state index in [2.05, 4.69) is 25.1 Å². The largest absolute Gasteiger partial charge is 0.493 e. The molecule has 0 radical (unpaired) electrons. The zero-order valence-corrected chi connectivity index (χ0v) is 11.9. The first kappa shape index (κ1) is 13.0. The third kappa shape index (κ3) is 2.25. The SMILES string of the molecule is Oc1ccc2[nH]nc(-c3ccnc(N4CCOCC4)c3)c2n1. The van der Waals surface area contributed by atoms with E-state index in [0.29, 0.717) is 24.4 Å². The second-order valence-electron chi connectivity index (χ2n) is 5.14. The highest BCUT2D eigenvalue weighted by Crippen LogP contribution is 2.28. The summed E-state index contributed by atoms with van der Waals surface area (Å²) in [6.45, 7) is 3.09. The minimum Gasteiger partial charge on any atom is -0.493 e. The number of H-pyrrole nitrogens is 1. The first-order valence-electron chi connectivity index (χ1n) is 7.14. The van der Waals surface area contributed by atoms with Crippen LogP contribution in [0.25, 0.3) is 22.3 Å². The molecular weight excluding hydrogens is 282 g/mol. The summed E-state index contributed by atoms with van der Waals surface area (Å²) in [5, 5.41) is 16.8. The molecule has 4 rings (SSSR count). The van der Waals surface area contributed by atoms with Crippen molar-refractivity contribution in [3.05, 3.63) is 30.5 Å². The van der Waals surface area contributed by atoms with Crippen LogP contribution < -0.4 is 4.90 Å². The fourth-order valence-corrected chi connectivity index (χ4v) is 2.62. The second kappa shape index (κ2) is 5.27. The number of anilines is 1. The van der Waals surface area contributed by atoms with E-state index < -0.39 is 0 Å². The molecule has 0 atom stereocenters. The Morgan fingerprint density at radius 3 is 2.91 bits per heavy atom. The molecule has 0 spiro atoms. The summed E-state index contributed by atoms with van der Waals surface area (Å²) in [6.07, 6.45) is 1.77. The standard InChI is InChI=1S/C15H15N5O2/c21-13-2-1-11-15(17-13)14(19-18-11)10-3-4-16-12(9-10)20-5-7-22-8-6-20/h1-4,9H,5-8H2,(H,17,21)(H,18,19). The van der Waals surface area contributed by atoms with Crippen molar-refractivity contribution in [1.82, 2.24) is 20.2 Å². The Morgan fingerprint density at radius 2 is 2.05 bits per heavy atom. The molecule has 1 saturated heterocycles. The van der Waals surface area contributed by atoms with Gasteiger partial charge in [-0.3, -0.25) is 5.10 Å². The van der Waals surface area contributed by atoms with E-state index in [4.69, 9.17) is 4.74 Å². The number of nitrogens with zero attached hydrogens (tertiary/aromatic N) is 4. The van der Waals surface area contributed by atoms with Gasteiger partial charge in [0.2, 0.25) is 5.88 Å². The Kier molecular flexibility index (Phi) is 3.12. The van der Waals surface area contributed by atoms with E-state index in [1.165, 1.54) is 6.07 Å². The highest BCUT2D eigenvalue weighted by atomic mass is 16.5. The van der Waals surface area contributed by atoms with E-state index in [0.717, 1.165) is 30.0 Å². The lowest BCUT2D eigenvalue weighted by atomic mass is 10.1. The maximum Gasteiger partial charge on any atom is 0.211 e. The van der Waals surface area contributed by atoms with Crippen LogP contribution in [0.4, 0.5) is 5.82 Å². The lowest BCUT2D eigenvalue weighted by Crippen LogP contribution is -2.36. The Bertz CT molecular complexity index is 811. The third-order valence-corrected chi connectivity index (χ3v) is 3.75. The average molecular weight is 297 g/mol. The van der Waals surface area contributed by atoms with Crippen molar-refractivity contribution >= 4 is 16.9 Å². The van der Waals surface area contributed by atoms with Gasteiger partial charge in [0.15, 0.2) is 0 Å². The van der Waals surface area contributed by atoms with Crippen molar-refractivity contribution < 1.29 is 9.84 Å². The van der Waals surface area contributed by atoms with Gasteiger partial charge in [-0.1, -0.05) is 0 Å². The lowest BCUT2D eigenvalue weighted by Gasteiger charge is -2.27. The number of pyridine rings is 2. The molecule has 112 valence electrons. The molecule has 3 aromatic heterocycles. The van der Waals surface area contributed by atoms with Gasteiger partial charge in [0.1, 0.15) is 17.0 Å². The number of fused-ring (bicyclic) bond motifs is 1. The zero-order valence-electron chi connectivity index (χ0n) is 11.9. The maximum absolute atomic E-state index is 9.59. The van der Waals surface area contributed by atoms with Crippen LogP contribution in [0.2, 0.25) is 0 Å². The van der Waals surface area contributed by atoms with Crippen molar-refractivity contribution in [2.75, 3.05) is 31.2 Å². The highest BCUT2D eigenvalue weighted by Gasteiger charge is 2.15. The quantitative estimate of drug-likeness (QED) is 0.746. The monoisotopic (exact) mass is 297 g/mol. The van der Waals surface area contributed by atoms with Gasteiger partial charge in [-0.2, -0.15) is 5.10 Å². The predicted octanol–water partition coefficient (Wildman–Crippen LogP) is 1.56. The smallest absolute Gasteiger partial charge is 0.211 e. The predicted molar refractivity (Wildman–Crippen MR) is 81.8 cm³/mol. The van der Waals surface area contributed by atoms with Gasteiger partial charge < -0.3 is 14.7 Å². The first-order valence-corrected chi connectivity index (χ1v) is 7.14. The van der Waals surface area contributed by atoms with Crippen molar-refractivity contribution in [1.29, 1.82) is 0 Å². The molecule has 2 N–H and O–H groups in total. The number of hydrogen-bond donors (Lipinski definition) is 2. The topological polar surface area (TPSA) is 87.2 Å². The van der Waals surface area contributed by atoms with Crippen molar-refractivity contribution in [3.63, 3.8) is 0 Å². The van der Waals surface area contributed by atoms with Crippen LogP contribution in [-0.4, -0.2) is 51.6 Å². The summed E-state index contributed by atoms with van der Waals surface area (Å²) in [6, 6.07) is 7.19. The summed E-state index contributed by atoms with van der Waals surface area (Å²) in [4.78, 5) is 10.8. The summed E-state index contributed by atoms with van der Waals surface area (Å²) in [5.41, 5.74) is 3.07. The molecular formula is C15H15N5O2. The lowest BCUT2D eigenvalue weighted by molar-refractivity contribution is 0.122. The summed E-state index contributed by atoms with van der Waals surface area (Å²) in [5.74, 6) is 0.884. The minimum atomic E-state index is -0.0161. The summed E-state index contributed by atoms with van der Waals surface area (Å²) in [7, 11) is 0. The zero-order chi connectivity index (χ0) is 14.9. The van der Waals surface area contributed by atoms with Gasteiger partial charge >= 0.3 is 0 Å². The van der Waals surface area contributed by atoms with Crippen molar-refractivity contribution in [2.45, 2.75) is 0 Å². The highest BCUT2D eigenvalue weighted by molar-refractivity contribution is 5.90. The van der Waals surface area contributed by atoms with Crippen LogP contribution in [0.3, 0.4) is 0 Å². The Labute approximate surface area is 126 Å². The summed E-state index contributed by atoms with van der Waals surface area (Å²) < 4.78 is 5.37. The fourth-order valence-electron chi connectivity index (χ4n) is 2.62. The molecule has 0 aromatic carbocycles. The van der Waals surface area contributed by atoms with E-state index in [-0.39, 0.29) is 5.88 Å². The number of nitrogens with one attached hydrogen (secondary N) is 1. The van der Waals surface area contributed by atoms with Gasteiger partial charge in [-0.05, 0) is 18.2 Å². The number of hydrogen-bond acceptors (Lipinski definition) is 6.